The molecule has 2 aromatic rings. The minimum atomic E-state index is 0.481. The Morgan fingerprint density at radius 3 is 2.89 bits per heavy atom. The molecule has 0 aliphatic carbocycles. The van der Waals surface area contributed by atoms with Gasteiger partial charge >= 0.3 is 0 Å². The number of methoxy groups -OCH3 is 1. The summed E-state index contributed by atoms with van der Waals surface area (Å²) >= 11 is 0. The molecule has 0 fully saturated rings. The van der Waals surface area contributed by atoms with E-state index in [9.17, 15) is 0 Å². The van der Waals surface area contributed by atoms with E-state index in [2.05, 4.69) is 37.4 Å². The van der Waals surface area contributed by atoms with Gasteiger partial charge in [-0.3, -0.25) is 0 Å². The SMILES string of the molecule is COCCNCc1coc2c(C(C)C)cccc12. The molecule has 98 valence electrons. The van der Waals surface area contributed by atoms with Crippen molar-refractivity contribution in [2.45, 2.75) is 26.3 Å². The van der Waals surface area contributed by atoms with Gasteiger partial charge in [0.2, 0.25) is 0 Å². The fourth-order valence-electron chi connectivity index (χ4n) is 2.12. The lowest BCUT2D eigenvalue weighted by atomic mass is 10.0. The summed E-state index contributed by atoms with van der Waals surface area (Å²) in [5.41, 5.74) is 3.51. The Morgan fingerprint density at radius 2 is 2.17 bits per heavy atom. The second kappa shape index (κ2) is 6.03. The van der Waals surface area contributed by atoms with Crippen LogP contribution in [0.4, 0.5) is 0 Å². The van der Waals surface area contributed by atoms with Gasteiger partial charge in [-0.15, -0.1) is 0 Å². The summed E-state index contributed by atoms with van der Waals surface area (Å²) in [7, 11) is 1.71. The highest BCUT2D eigenvalue weighted by molar-refractivity contribution is 5.84. The molecule has 0 spiro atoms. The Bertz CT molecular complexity index is 502. The van der Waals surface area contributed by atoms with Gasteiger partial charge in [0, 0.05) is 31.1 Å². The minimum absolute atomic E-state index is 0.481. The highest BCUT2D eigenvalue weighted by atomic mass is 16.5. The van der Waals surface area contributed by atoms with Crippen molar-refractivity contribution in [3.8, 4) is 0 Å². The number of hydrogen-bond donors (Lipinski definition) is 1. The van der Waals surface area contributed by atoms with Crippen molar-refractivity contribution < 1.29 is 9.15 Å². The second-order valence-electron chi connectivity index (χ2n) is 4.81. The molecule has 0 atom stereocenters. The van der Waals surface area contributed by atoms with Crippen molar-refractivity contribution in [2.75, 3.05) is 20.3 Å². The van der Waals surface area contributed by atoms with Crippen molar-refractivity contribution in [1.82, 2.24) is 5.32 Å². The van der Waals surface area contributed by atoms with Crippen LogP contribution in [0.1, 0.15) is 30.9 Å². The number of ether oxygens (including phenoxy) is 1. The molecule has 2 rings (SSSR count). The third-order valence-electron chi connectivity index (χ3n) is 3.13. The predicted molar refractivity (Wildman–Crippen MR) is 73.9 cm³/mol. The van der Waals surface area contributed by atoms with E-state index >= 15 is 0 Å². The van der Waals surface area contributed by atoms with Gasteiger partial charge in [-0.25, -0.2) is 0 Å². The van der Waals surface area contributed by atoms with Crippen molar-refractivity contribution in [3.05, 3.63) is 35.6 Å². The first-order valence-corrected chi connectivity index (χ1v) is 6.42. The van der Waals surface area contributed by atoms with Crippen molar-refractivity contribution in [1.29, 1.82) is 0 Å². The fourth-order valence-corrected chi connectivity index (χ4v) is 2.12. The molecule has 18 heavy (non-hydrogen) atoms. The first kappa shape index (κ1) is 13.1. The van der Waals surface area contributed by atoms with Crippen LogP contribution < -0.4 is 5.32 Å². The molecule has 0 amide bonds. The first-order chi connectivity index (χ1) is 8.74. The van der Waals surface area contributed by atoms with Crippen molar-refractivity contribution in [2.24, 2.45) is 0 Å². The Labute approximate surface area is 108 Å². The van der Waals surface area contributed by atoms with E-state index in [4.69, 9.17) is 9.15 Å². The number of para-hydroxylation sites is 1. The van der Waals surface area contributed by atoms with Crippen molar-refractivity contribution in [3.63, 3.8) is 0 Å². The van der Waals surface area contributed by atoms with Gasteiger partial charge in [0.05, 0.1) is 12.9 Å². The van der Waals surface area contributed by atoms with Gasteiger partial charge in [0.15, 0.2) is 0 Å². The number of furan rings is 1. The Kier molecular flexibility index (Phi) is 4.39. The van der Waals surface area contributed by atoms with E-state index in [1.807, 2.05) is 6.26 Å². The summed E-state index contributed by atoms with van der Waals surface area (Å²) < 4.78 is 10.7. The number of fused-ring (bicyclic) bond motifs is 1. The van der Waals surface area contributed by atoms with Crippen LogP contribution in [0.5, 0.6) is 0 Å². The van der Waals surface area contributed by atoms with Crippen LogP contribution in [0.3, 0.4) is 0 Å². The van der Waals surface area contributed by atoms with Crippen LogP contribution in [-0.2, 0) is 11.3 Å². The zero-order valence-electron chi connectivity index (χ0n) is 11.3. The van der Waals surface area contributed by atoms with E-state index in [1.165, 1.54) is 16.5 Å². The molecular formula is C15H21NO2. The Balaban J connectivity index is 2.18. The predicted octanol–water partition coefficient (Wildman–Crippen LogP) is 3.29. The molecule has 1 aromatic carbocycles. The van der Waals surface area contributed by atoms with E-state index in [1.54, 1.807) is 7.11 Å². The summed E-state index contributed by atoms with van der Waals surface area (Å²) in [5, 5.41) is 4.56. The van der Waals surface area contributed by atoms with Gasteiger partial charge in [0.25, 0.3) is 0 Å². The summed E-state index contributed by atoms with van der Waals surface area (Å²) in [6, 6.07) is 6.36. The number of rotatable bonds is 6. The molecule has 1 N–H and O–H groups in total. The molecule has 3 nitrogen and oxygen atoms in total. The van der Waals surface area contributed by atoms with E-state index in [0.717, 1.165) is 25.3 Å². The maximum absolute atomic E-state index is 5.73. The number of nitrogens with one attached hydrogen (secondary N) is 1. The smallest absolute Gasteiger partial charge is 0.137 e. The second-order valence-corrected chi connectivity index (χ2v) is 4.81. The average molecular weight is 247 g/mol. The van der Waals surface area contributed by atoms with E-state index < -0.39 is 0 Å². The van der Waals surface area contributed by atoms with Crippen LogP contribution >= 0.6 is 0 Å². The van der Waals surface area contributed by atoms with Crippen molar-refractivity contribution >= 4 is 11.0 Å². The van der Waals surface area contributed by atoms with E-state index in [-0.39, 0.29) is 0 Å². The van der Waals surface area contributed by atoms with Crippen LogP contribution in [0.25, 0.3) is 11.0 Å². The third-order valence-corrected chi connectivity index (χ3v) is 3.13. The highest BCUT2D eigenvalue weighted by Gasteiger charge is 2.11. The lowest BCUT2D eigenvalue weighted by Crippen LogP contribution is -2.18. The van der Waals surface area contributed by atoms with Crippen LogP contribution in [0, 0.1) is 0 Å². The van der Waals surface area contributed by atoms with Gasteiger partial charge in [0.1, 0.15) is 5.58 Å². The molecular weight excluding hydrogens is 226 g/mol. The maximum atomic E-state index is 5.73. The average Bonchev–Trinajstić information content (AvgIpc) is 2.77. The lowest BCUT2D eigenvalue weighted by Gasteiger charge is -2.06. The quantitative estimate of drug-likeness (QED) is 0.795. The first-order valence-electron chi connectivity index (χ1n) is 6.42. The summed E-state index contributed by atoms with van der Waals surface area (Å²) in [4.78, 5) is 0. The molecule has 0 radical (unpaired) electrons. The van der Waals surface area contributed by atoms with Gasteiger partial charge in [-0.1, -0.05) is 32.0 Å². The summed E-state index contributed by atoms with van der Waals surface area (Å²) in [5.74, 6) is 0.481. The van der Waals surface area contributed by atoms with Gasteiger partial charge in [-0.05, 0) is 11.5 Å². The summed E-state index contributed by atoms with van der Waals surface area (Å²) in [6.45, 7) is 6.78. The number of benzene rings is 1. The van der Waals surface area contributed by atoms with Crippen LogP contribution in [0.2, 0.25) is 0 Å². The molecule has 1 aromatic heterocycles. The maximum Gasteiger partial charge on any atom is 0.137 e. The zero-order valence-corrected chi connectivity index (χ0v) is 11.3. The van der Waals surface area contributed by atoms with Crippen LogP contribution in [-0.4, -0.2) is 20.3 Å². The monoisotopic (exact) mass is 247 g/mol. The largest absolute Gasteiger partial charge is 0.464 e. The lowest BCUT2D eigenvalue weighted by molar-refractivity contribution is 0.199. The van der Waals surface area contributed by atoms with Gasteiger partial charge in [-0.2, -0.15) is 0 Å². The molecule has 0 aliphatic rings. The van der Waals surface area contributed by atoms with E-state index in [0.29, 0.717) is 5.92 Å². The number of hydrogen-bond acceptors (Lipinski definition) is 3. The standard InChI is InChI=1S/C15H21NO2/c1-11(2)13-5-4-6-14-12(10-18-15(13)14)9-16-7-8-17-3/h4-6,10-11,16H,7-9H2,1-3H3. The van der Waals surface area contributed by atoms with Crippen LogP contribution in [0.15, 0.2) is 28.9 Å². The molecule has 3 heteroatoms. The third kappa shape index (κ3) is 2.74. The molecule has 0 bridgehead atoms. The Hall–Kier alpha value is -1.32. The molecule has 0 aliphatic heterocycles. The topological polar surface area (TPSA) is 34.4 Å². The molecule has 0 unspecified atom stereocenters. The summed E-state index contributed by atoms with van der Waals surface area (Å²) in [6.07, 6.45) is 1.86. The Morgan fingerprint density at radius 1 is 1.33 bits per heavy atom. The highest BCUT2D eigenvalue weighted by Crippen LogP contribution is 2.28. The van der Waals surface area contributed by atoms with Gasteiger partial charge < -0.3 is 14.5 Å². The molecule has 0 saturated carbocycles. The minimum Gasteiger partial charge on any atom is -0.464 e. The molecule has 0 saturated heterocycles. The normalized spacial score (nSPS) is 11.6. The fraction of sp³-hybridized carbons (Fsp3) is 0.467. The zero-order chi connectivity index (χ0) is 13.0. The molecule has 1 heterocycles.